The molecule has 0 aliphatic carbocycles. The molecule has 0 saturated heterocycles. The Morgan fingerprint density at radius 3 is 2.11 bits per heavy atom. The van der Waals surface area contributed by atoms with E-state index in [9.17, 15) is 17.6 Å². The van der Waals surface area contributed by atoms with Gasteiger partial charge in [-0.3, -0.25) is 4.79 Å². The summed E-state index contributed by atoms with van der Waals surface area (Å²) in [5.74, 6) is 0.547. The zero-order valence-electron chi connectivity index (χ0n) is 27.3. The Morgan fingerprint density at radius 2 is 1.49 bits per heavy atom. The van der Waals surface area contributed by atoms with Crippen molar-refractivity contribution in [3.05, 3.63) is 90.3 Å². The minimum atomic E-state index is -4.54. The molecule has 1 radical (unpaired) electrons. The average Bonchev–Trinajstić information content (AvgIpc) is 3.24. The summed E-state index contributed by atoms with van der Waals surface area (Å²) in [6.45, 7) is 14.6. The molecule has 1 N–H and O–H groups in total. The fourth-order valence-corrected chi connectivity index (χ4v) is 9.75. The molecule has 2 heterocycles. The average molecular weight is 850 g/mol. The minimum Gasteiger partial charge on any atom is -0.512 e. The van der Waals surface area contributed by atoms with Gasteiger partial charge in [0.15, 0.2) is 5.78 Å². The number of aliphatic hydroxyl groups is 1. The number of aromatic nitrogens is 1. The van der Waals surface area contributed by atoms with Crippen LogP contribution in [-0.2, 0) is 38.0 Å². The van der Waals surface area contributed by atoms with Gasteiger partial charge in [-0.1, -0.05) is 27.7 Å². The van der Waals surface area contributed by atoms with E-state index in [1.165, 1.54) is 6.08 Å². The number of fused-ring (bicyclic) bond motifs is 4. The first-order valence-electron chi connectivity index (χ1n) is 15.6. The van der Waals surface area contributed by atoms with Crippen molar-refractivity contribution in [3.8, 4) is 22.4 Å². The van der Waals surface area contributed by atoms with Crippen LogP contribution in [0.25, 0.3) is 33.2 Å². The van der Waals surface area contributed by atoms with Crippen molar-refractivity contribution >= 4 is 38.2 Å². The summed E-state index contributed by atoms with van der Waals surface area (Å²) in [7, 11) is 0. The number of allylic oxidation sites excluding steroid dienone is 2. The molecule has 241 valence electrons. The monoisotopic (exact) mass is 851 g/mol. The van der Waals surface area contributed by atoms with Gasteiger partial charge < -0.3 is 5.11 Å². The number of pyridine rings is 1. The van der Waals surface area contributed by atoms with Gasteiger partial charge in [0.1, 0.15) is 0 Å². The minimum absolute atomic E-state index is 0. The molecule has 0 amide bonds. The topological polar surface area (TPSA) is 84.3 Å². The molecular weight excluding hydrogens is 806 g/mol. The van der Waals surface area contributed by atoms with Gasteiger partial charge in [0.05, 0.1) is 5.76 Å². The molecule has 1 aliphatic rings. The van der Waals surface area contributed by atoms with Crippen molar-refractivity contribution < 1.29 is 37.7 Å². The Balaban J connectivity index is 0.000000297. The number of nitrogens with zero attached hydrogens (tertiary/aromatic N) is 1. The number of rotatable bonds is 8. The van der Waals surface area contributed by atoms with Crippen LogP contribution in [0.3, 0.4) is 0 Å². The number of ketones is 1. The van der Waals surface area contributed by atoms with Gasteiger partial charge in [-0.25, -0.2) is 0 Å². The molecule has 45 heavy (non-hydrogen) atoms. The molecule has 5 rings (SSSR count). The number of aliphatic hydroxyl groups excluding tert-OH is 1. The number of benzene rings is 3. The Bertz CT molecular complexity index is 1800. The third-order valence-electron chi connectivity index (χ3n) is 8.56. The summed E-state index contributed by atoms with van der Waals surface area (Å²) < 4.78 is 27.6. The first kappa shape index (κ1) is 36.5. The SMILES string of the molecule is CC(C)(C)c1cc(-c2nccc3c2[Se](=O)(=O)c2ccccc2-3)[c-]c2ccccc12.CCC(CC)C(=O)/C=C(\O)C(CC)CC.[Ir]. The molecule has 0 spiro atoms. The van der Waals surface area contributed by atoms with E-state index in [4.69, 9.17) is 0 Å². The number of hydrogen-bond acceptors (Lipinski definition) is 5. The second kappa shape index (κ2) is 15.1. The number of hydrogen-bond donors (Lipinski definition) is 1. The van der Waals surface area contributed by atoms with E-state index < -0.39 is 12.7 Å². The largest absolute Gasteiger partial charge is 0.512 e. The van der Waals surface area contributed by atoms with Gasteiger partial charge >= 0.3 is 172 Å². The fraction of sp³-hybridized carbons (Fsp3) is 0.368. The summed E-state index contributed by atoms with van der Waals surface area (Å²) in [6, 6.07) is 22.6. The van der Waals surface area contributed by atoms with Gasteiger partial charge in [0.2, 0.25) is 0 Å². The standard InChI is InChI=1S/C25H20NO2Se.C13H24O2.Ir/c1-25(2,3)21-15-17(14-16-8-4-5-9-18(16)21)23-24-20(12-13-26-23)19-10-6-7-11-22(19)29(24,27)28;1-5-10(6-2)12(14)9-13(15)11(7-3)8-4;/h4-13,15H,1-3H3;9-11,14H,5-8H2,1-4H3;/q-1;;/b;12-9-;. The van der Waals surface area contributed by atoms with Gasteiger partial charge in [-0.2, -0.15) is 0 Å². The Kier molecular flexibility index (Phi) is 12.2. The second-order valence-corrected chi connectivity index (χ2v) is 16.3. The van der Waals surface area contributed by atoms with Crippen molar-refractivity contribution in [3.63, 3.8) is 0 Å². The Labute approximate surface area is 283 Å². The van der Waals surface area contributed by atoms with Crippen molar-refractivity contribution in [2.75, 3.05) is 0 Å². The Hall–Kier alpha value is -2.95. The molecule has 0 saturated carbocycles. The molecule has 0 bridgehead atoms. The molecule has 4 aromatic rings. The summed E-state index contributed by atoms with van der Waals surface area (Å²) in [6.07, 6.45) is 6.60. The van der Waals surface area contributed by atoms with Crippen molar-refractivity contribution in [1.29, 1.82) is 0 Å². The van der Waals surface area contributed by atoms with E-state index in [1.807, 2.05) is 58.0 Å². The van der Waals surface area contributed by atoms with Crippen molar-refractivity contribution in [2.24, 2.45) is 11.8 Å². The quantitative estimate of drug-likeness (QED) is 0.0737. The predicted molar refractivity (Wildman–Crippen MR) is 180 cm³/mol. The van der Waals surface area contributed by atoms with Crippen LogP contribution in [0, 0.1) is 17.9 Å². The molecule has 0 atom stereocenters. The van der Waals surface area contributed by atoms with Crippen LogP contribution < -0.4 is 8.92 Å². The maximum absolute atomic E-state index is 13.4. The van der Waals surface area contributed by atoms with Crippen molar-refractivity contribution in [2.45, 2.75) is 79.6 Å². The number of carbonyl (C=O) groups excluding carboxylic acids is 1. The van der Waals surface area contributed by atoms with Crippen LogP contribution in [0.1, 0.15) is 79.7 Å². The van der Waals surface area contributed by atoms with Crippen LogP contribution in [0.2, 0.25) is 0 Å². The zero-order chi connectivity index (χ0) is 32.2. The summed E-state index contributed by atoms with van der Waals surface area (Å²) in [5.41, 5.74) is 3.80. The maximum Gasteiger partial charge on any atom is 0.162 e. The second-order valence-electron chi connectivity index (χ2n) is 12.4. The van der Waals surface area contributed by atoms with Gasteiger partial charge in [-0.05, 0) is 25.7 Å². The van der Waals surface area contributed by atoms with E-state index in [1.54, 1.807) is 24.4 Å². The maximum atomic E-state index is 13.4. The van der Waals surface area contributed by atoms with Crippen LogP contribution >= 0.6 is 0 Å². The summed E-state index contributed by atoms with van der Waals surface area (Å²) in [4.78, 5) is 16.3. The summed E-state index contributed by atoms with van der Waals surface area (Å²) in [5, 5.41) is 11.9. The van der Waals surface area contributed by atoms with E-state index in [0.29, 0.717) is 14.6 Å². The first-order valence-corrected chi connectivity index (χ1v) is 18.7. The molecule has 5 nitrogen and oxygen atoms in total. The molecular formula is C38H44IrNO4Se-. The van der Waals surface area contributed by atoms with Crippen LogP contribution in [-0.4, -0.2) is 28.6 Å². The molecule has 1 aromatic heterocycles. The molecule has 1 aliphatic heterocycles. The zero-order valence-corrected chi connectivity index (χ0v) is 31.4. The van der Waals surface area contributed by atoms with E-state index >= 15 is 0 Å². The van der Waals surface area contributed by atoms with E-state index in [-0.39, 0.29) is 48.9 Å². The van der Waals surface area contributed by atoms with Crippen LogP contribution in [0.15, 0.2) is 78.7 Å². The van der Waals surface area contributed by atoms with Crippen LogP contribution in [0.4, 0.5) is 0 Å². The van der Waals surface area contributed by atoms with Gasteiger partial charge in [0, 0.05) is 38.0 Å². The normalized spacial score (nSPS) is 13.6. The summed E-state index contributed by atoms with van der Waals surface area (Å²) >= 11 is -4.54. The Morgan fingerprint density at radius 1 is 0.889 bits per heavy atom. The number of carbonyl (C=O) groups is 1. The first-order chi connectivity index (χ1) is 20.9. The molecule has 3 aromatic carbocycles. The van der Waals surface area contributed by atoms with Gasteiger partial charge in [-0.15, -0.1) is 0 Å². The van der Waals surface area contributed by atoms with Gasteiger partial charge in [0.25, 0.3) is 0 Å². The van der Waals surface area contributed by atoms with Crippen molar-refractivity contribution in [1.82, 2.24) is 4.98 Å². The third kappa shape index (κ3) is 7.55. The van der Waals surface area contributed by atoms with E-state index in [2.05, 4.69) is 44.0 Å². The molecule has 0 unspecified atom stereocenters. The third-order valence-corrected chi connectivity index (χ3v) is 12.5. The molecule has 0 fully saturated rings. The predicted octanol–water partition coefficient (Wildman–Crippen LogP) is 8.26. The van der Waals surface area contributed by atoms with E-state index in [0.717, 1.165) is 58.7 Å². The van der Waals surface area contributed by atoms with Crippen LogP contribution in [0.5, 0.6) is 0 Å². The fourth-order valence-electron chi connectivity index (χ4n) is 5.92. The molecule has 7 heteroatoms. The smallest absolute Gasteiger partial charge is 0.162 e.